The Morgan fingerprint density at radius 3 is 2.71 bits per heavy atom. The first-order chi connectivity index (χ1) is 9.91. The molecule has 112 valence electrons. The largest absolute Gasteiger partial charge is 0.698 e. The maximum Gasteiger partial charge on any atom is 0.698 e. The van der Waals surface area contributed by atoms with Crippen LogP contribution in [0, 0.1) is 16.7 Å². The zero-order chi connectivity index (χ0) is 14.9. The molecule has 0 radical (unpaired) electrons. The highest BCUT2D eigenvalue weighted by Crippen LogP contribution is 2.75. The molecule has 2 bridgehead atoms. The van der Waals surface area contributed by atoms with Crippen LogP contribution < -0.4 is 0 Å². The van der Waals surface area contributed by atoms with Gasteiger partial charge in [-0.3, -0.25) is 0 Å². The van der Waals surface area contributed by atoms with E-state index in [9.17, 15) is 4.57 Å². The van der Waals surface area contributed by atoms with Crippen LogP contribution in [0.1, 0.15) is 51.2 Å². The minimum atomic E-state index is -2.08. The van der Waals surface area contributed by atoms with Crippen LogP contribution in [-0.4, -0.2) is 0 Å². The molecule has 4 atom stereocenters. The summed E-state index contributed by atoms with van der Waals surface area (Å²) in [7, 11) is -2.08. The summed E-state index contributed by atoms with van der Waals surface area (Å²) in [4.78, 5) is 0. The summed E-state index contributed by atoms with van der Waals surface area (Å²) in [6.07, 6.45) is 3.53. The first-order valence-electron chi connectivity index (χ1n) is 7.78. The molecule has 1 aromatic carbocycles. The summed E-state index contributed by atoms with van der Waals surface area (Å²) in [5.74, 6) is 0.622. The van der Waals surface area contributed by atoms with Crippen molar-refractivity contribution in [3.05, 3.63) is 35.4 Å². The minimum absolute atomic E-state index is 0.0329. The van der Waals surface area contributed by atoms with Crippen molar-refractivity contribution < 1.29 is 13.6 Å². The summed E-state index contributed by atoms with van der Waals surface area (Å²) in [6, 6.07) is 8.33. The zero-order valence-electron chi connectivity index (χ0n) is 12.9. The Labute approximate surface area is 127 Å². The number of rotatable bonds is 0. The van der Waals surface area contributed by atoms with E-state index < -0.39 is 13.9 Å². The highest BCUT2D eigenvalue weighted by atomic mass is 31.1. The van der Waals surface area contributed by atoms with E-state index in [0.29, 0.717) is 12.5 Å². The fourth-order valence-corrected chi connectivity index (χ4v) is 6.52. The van der Waals surface area contributed by atoms with Gasteiger partial charge in [-0.25, -0.2) is 0 Å². The van der Waals surface area contributed by atoms with Gasteiger partial charge in [0.2, 0.25) is 0 Å². The summed E-state index contributed by atoms with van der Waals surface area (Å²) in [6.45, 7) is 7.26. The van der Waals surface area contributed by atoms with E-state index in [1.165, 1.54) is 12.0 Å². The molecular weight excluding hydrogens is 283 g/mol. The molecule has 1 aliphatic heterocycles. The van der Waals surface area contributed by atoms with E-state index in [0.717, 1.165) is 18.4 Å². The van der Waals surface area contributed by atoms with Crippen molar-refractivity contribution in [2.45, 2.75) is 52.2 Å². The molecule has 3 aliphatic rings. The second kappa shape index (κ2) is 4.16. The minimum Gasteiger partial charge on any atom is -0.114 e. The Morgan fingerprint density at radius 2 is 2.00 bits per heavy atom. The predicted molar refractivity (Wildman–Crippen MR) is 80.8 cm³/mol. The summed E-state index contributed by atoms with van der Waals surface area (Å²) in [5.41, 5.74) is 1.83. The van der Waals surface area contributed by atoms with Gasteiger partial charge in [0.05, 0.1) is 0 Å². The molecule has 2 saturated carbocycles. The quantitative estimate of drug-likeness (QED) is 0.637. The Hall–Kier alpha value is -0.760. The lowest BCUT2D eigenvalue weighted by molar-refractivity contribution is -0.128. The van der Waals surface area contributed by atoms with Gasteiger partial charge in [-0.2, -0.15) is 0 Å². The predicted octanol–water partition coefficient (Wildman–Crippen LogP) is 4.93. The van der Waals surface area contributed by atoms with E-state index >= 15 is 0 Å². The van der Waals surface area contributed by atoms with Gasteiger partial charge < -0.3 is 0 Å². The van der Waals surface area contributed by atoms with Crippen LogP contribution in [0.3, 0.4) is 0 Å². The Balaban J connectivity index is 2.02. The molecule has 3 nitrogen and oxygen atoms in total. The smallest absolute Gasteiger partial charge is 0.114 e. The molecule has 4 heteroatoms. The van der Waals surface area contributed by atoms with Crippen LogP contribution in [0.25, 0.3) is 0 Å². The second-order valence-electron chi connectivity index (χ2n) is 7.65. The van der Waals surface area contributed by atoms with Crippen molar-refractivity contribution in [2.24, 2.45) is 16.7 Å². The Morgan fingerprint density at radius 1 is 1.24 bits per heavy atom. The van der Waals surface area contributed by atoms with Gasteiger partial charge >= 0.3 is 8.25 Å². The zero-order valence-corrected chi connectivity index (χ0v) is 13.8. The van der Waals surface area contributed by atoms with Crippen LogP contribution in [0.4, 0.5) is 0 Å². The van der Waals surface area contributed by atoms with Gasteiger partial charge in [0, 0.05) is 15.4 Å². The molecule has 1 spiro atoms. The highest BCUT2D eigenvalue weighted by Gasteiger charge is 2.75. The molecule has 0 aromatic heterocycles. The third-order valence-corrected chi connectivity index (χ3v) is 7.22. The number of fused-ring (bicyclic) bond motifs is 5. The normalized spacial score (nSPS) is 42.0. The SMILES string of the molecule is CC1(C)[C@H]2CC[C@](C)(C2)[C@@]12O[P+](=O)OCc1ccccc12. The number of hydrogen-bond donors (Lipinski definition) is 0. The van der Waals surface area contributed by atoms with Gasteiger partial charge in [0.15, 0.2) is 5.60 Å². The van der Waals surface area contributed by atoms with Crippen molar-refractivity contribution in [2.75, 3.05) is 0 Å². The molecule has 2 aliphatic carbocycles. The lowest BCUT2D eigenvalue weighted by atomic mass is 9.57. The fourth-order valence-electron chi connectivity index (χ4n) is 5.44. The van der Waals surface area contributed by atoms with Gasteiger partial charge in [-0.15, -0.1) is 9.05 Å². The molecule has 21 heavy (non-hydrogen) atoms. The molecule has 0 amide bonds. The van der Waals surface area contributed by atoms with Gasteiger partial charge in [-0.1, -0.05) is 45.0 Å². The van der Waals surface area contributed by atoms with Crippen molar-refractivity contribution in [3.8, 4) is 0 Å². The molecule has 0 N–H and O–H groups in total. The third kappa shape index (κ3) is 1.52. The molecule has 0 saturated heterocycles. The van der Waals surface area contributed by atoms with Crippen LogP contribution >= 0.6 is 8.25 Å². The van der Waals surface area contributed by atoms with Crippen molar-refractivity contribution in [1.82, 2.24) is 0 Å². The van der Waals surface area contributed by atoms with Gasteiger partial charge in [0.1, 0.15) is 6.61 Å². The second-order valence-corrected chi connectivity index (χ2v) is 8.54. The van der Waals surface area contributed by atoms with E-state index in [-0.39, 0.29) is 10.8 Å². The molecule has 1 aromatic rings. The fraction of sp³-hybridized carbons (Fsp3) is 0.647. The average molecular weight is 305 g/mol. The summed E-state index contributed by atoms with van der Waals surface area (Å²) < 4.78 is 24.0. The first kappa shape index (κ1) is 13.9. The number of benzene rings is 1. The lowest BCUT2D eigenvalue weighted by Gasteiger charge is -2.50. The first-order valence-corrected chi connectivity index (χ1v) is 8.88. The van der Waals surface area contributed by atoms with Crippen LogP contribution in [0.5, 0.6) is 0 Å². The van der Waals surface area contributed by atoms with Crippen LogP contribution in [0.2, 0.25) is 0 Å². The third-order valence-electron chi connectivity index (χ3n) is 6.45. The van der Waals surface area contributed by atoms with Crippen LogP contribution in [0.15, 0.2) is 24.3 Å². The van der Waals surface area contributed by atoms with E-state index in [1.54, 1.807) is 0 Å². The van der Waals surface area contributed by atoms with E-state index in [1.807, 2.05) is 6.07 Å². The standard InChI is InChI=1S/C17H22O3P/c1-15(2)13-8-9-16(3,10-13)17(15)14-7-5-4-6-12(14)11-19-21(18)20-17/h4-7,13H,8-11H2,1-3H3/q+1/t13-,16+,17-/m0/s1. The van der Waals surface area contributed by atoms with Crippen molar-refractivity contribution >= 4 is 8.25 Å². The van der Waals surface area contributed by atoms with E-state index in [4.69, 9.17) is 9.05 Å². The molecule has 1 heterocycles. The van der Waals surface area contributed by atoms with Crippen molar-refractivity contribution in [1.29, 1.82) is 0 Å². The molecule has 4 rings (SSSR count). The Bertz CT molecular complexity index is 619. The Kier molecular flexibility index (Phi) is 2.75. The highest BCUT2D eigenvalue weighted by molar-refractivity contribution is 7.33. The monoisotopic (exact) mass is 305 g/mol. The topological polar surface area (TPSA) is 35.5 Å². The maximum absolute atomic E-state index is 12.3. The lowest BCUT2D eigenvalue weighted by Crippen LogP contribution is -2.52. The van der Waals surface area contributed by atoms with Gasteiger partial charge in [0.25, 0.3) is 0 Å². The average Bonchev–Trinajstić information content (AvgIpc) is 2.85. The summed E-state index contributed by atoms with van der Waals surface area (Å²) in [5, 5.41) is 0. The van der Waals surface area contributed by atoms with E-state index in [2.05, 4.69) is 39.0 Å². The van der Waals surface area contributed by atoms with Gasteiger partial charge in [-0.05, 0) is 36.3 Å². The summed E-state index contributed by atoms with van der Waals surface area (Å²) >= 11 is 0. The molecular formula is C17H22O3P+. The maximum atomic E-state index is 12.3. The molecule has 2 fully saturated rings. The molecule has 1 unspecified atom stereocenters. The van der Waals surface area contributed by atoms with Crippen molar-refractivity contribution in [3.63, 3.8) is 0 Å². The number of hydrogen-bond acceptors (Lipinski definition) is 3. The van der Waals surface area contributed by atoms with Crippen LogP contribution in [-0.2, 0) is 25.8 Å².